The van der Waals surface area contributed by atoms with Crippen LogP contribution in [-0.4, -0.2) is 19.4 Å². The first-order valence-corrected chi connectivity index (χ1v) is 20.7. The molecular weight excluding hydrogens is 733 g/mol. The van der Waals surface area contributed by atoms with Crippen LogP contribution in [0.4, 0.5) is 0 Å². The second kappa shape index (κ2) is 11.8. The number of aromatic nitrogens is 4. The monoisotopic (exact) mass is 760 g/mol. The van der Waals surface area contributed by atoms with Crippen molar-refractivity contribution in [3.63, 3.8) is 0 Å². The number of fused-ring (bicyclic) bond motifs is 12. The van der Waals surface area contributed by atoms with Crippen LogP contribution < -0.4 is 0 Å². The lowest BCUT2D eigenvalue weighted by Crippen LogP contribution is -1.95. The van der Waals surface area contributed by atoms with E-state index in [9.17, 15) is 0 Å². The average Bonchev–Trinajstić information content (AvgIpc) is 4.04. The largest absolute Gasteiger partial charge is 0.308 e. The minimum atomic E-state index is 0.745. The van der Waals surface area contributed by atoms with E-state index in [0.717, 1.165) is 60.8 Å². The van der Waals surface area contributed by atoms with Crippen molar-refractivity contribution in [3.8, 4) is 44.3 Å². The third-order valence-corrected chi connectivity index (χ3v) is 13.9. The predicted molar refractivity (Wildman–Crippen MR) is 242 cm³/mol. The number of thiazole rings is 1. The summed E-state index contributed by atoms with van der Waals surface area (Å²) < 4.78 is 6.17. The Morgan fingerprint density at radius 2 is 1.12 bits per heavy atom. The van der Waals surface area contributed by atoms with Crippen molar-refractivity contribution < 1.29 is 0 Å². The van der Waals surface area contributed by atoms with Crippen LogP contribution in [-0.2, 0) is 0 Å². The van der Waals surface area contributed by atoms with Crippen molar-refractivity contribution in [2.45, 2.75) is 0 Å². The molecule has 0 aliphatic carbocycles. The van der Waals surface area contributed by atoms with Crippen LogP contribution in [0.25, 0.3) is 124 Å². The molecule has 5 aromatic heterocycles. The molecule has 0 atom stereocenters. The highest BCUT2D eigenvalue weighted by molar-refractivity contribution is 7.26. The summed E-state index contributed by atoms with van der Waals surface area (Å²) in [5.74, 6) is 0.745. The molecule has 0 N–H and O–H groups in total. The van der Waals surface area contributed by atoms with E-state index in [1.54, 1.807) is 11.3 Å². The molecule has 0 aliphatic heterocycles. The van der Waals surface area contributed by atoms with Gasteiger partial charge in [0, 0.05) is 63.8 Å². The van der Waals surface area contributed by atoms with E-state index in [-0.39, 0.29) is 0 Å². The van der Waals surface area contributed by atoms with E-state index in [1.807, 2.05) is 11.3 Å². The first-order valence-electron chi connectivity index (χ1n) is 19.1. The number of nitrogens with zero attached hydrogens (tertiary/aromatic N) is 4. The minimum absolute atomic E-state index is 0.745. The molecule has 0 spiro atoms. The van der Waals surface area contributed by atoms with Crippen LogP contribution in [0, 0.1) is 0 Å². The summed E-state index contributed by atoms with van der Waals surface area (Å²) >= 11 is 3.60. The molecule has 264 valence electrons. The number of rotatable bonds is 4. The van der Waals surface area contributed by atoms with E-state index in [4.69, 9.17) is 15.0 Å². The topological polar surface area (TPSA) is 43.1 Å². The molecule has 0 saturated carbocycles. The van der Waals surface area contributed by atoms with Crippen LogP contribution in [0.15, 0.2) is 170 Å². The molecule has 8 aromatic carbocycles. The molecule has 0 radical (unpaired) electrons. The highest BCUT2D eigenvalue weighted by Crippen LogP contribution is 2.47. The van der Waals surface area contributed by atoms with Gasteiger partial charge >= 0.3 is 0 Å². The molecule has 0 aliphatic rings. The molecule has 0 amide bonds. The minimum Gasteiger partial charge on any atom is -0.308 e. The van der Waals surface area contributed by atoms with Crippen molar-refractivity contribution in [3.05, 3.63) is 170 Å². The van der Waals surface area contributed by atoms with Gasteiger partial charge in [0.15, 0.2) is 5.82 Å². The SMILES string of the molecule is c1ccc(-c2nc3cc4c5ccccc5n5c6ccc(-c7cccc(-c8nc(-c9cccc%10c9sc9ccccc9%10)nc9ccccc89)c7)cc6c(c3s2)c45)cc1. The first kappa shape index (κ1) is 31.2. The fourth-order valence-electron chi connectivity index (χ4n) is 9.01. The summed E-state index contributed by atoms with van der Waals surface area (Å²) in [6.07, 6.45) is 0. The number of para-hydroxylation sites is 2. The maximum absolute atomic E-state index is 5.38. The van der Waals surface area contributed by atoms with Gasteiger partial charge in [-0.25, -0.2) is 15.0 Å². The molecule has 0 saturated heterocycles. The Hall–Kier alpha value is -6.99. The van der Waals surface area contributed by atoms with E-state index in [1.165, 1.54) is 63.0 Å². The third-order valence-electron chi connectivity index (χ3n) is 11.6. The van der Waals surface area contributed by atoms with Crippen molar-refractivity contribution in [2.75, 3.05) is 0 Å². The summed E-state index contributed by atoms with van der Waals surface area (Å²) in [7, 11) is 0. The quantitative estimate of drug-likeness (QED) is 0.179. The van der Waals surface area contributed by atoms with Gasteiger partial charge in [0.05, 0.1) is 38.0 Å². The zero-order valence-electron chi connectivity index (χ0n) is 30.3. The summed E-state index contributed by atoms with van der Waals surface area (Å²) in [6, 6.07) is 60.9. The highest BCUT2D eigenvalue weighted by Gasteiger charge is 2.23. The van der Waals surface area contributed by atoms with Gasteiger partial charge in [-0.1, -0.05) is 121 Å². The first-order chi connectivity index (χ1) is 28.2. The third kappa shape index (κ3) is 4.51. The Balaban J connectivity index is 1.02. The van der Waals surface area contributed by atoms with E-state index in [2.05, 4.69) is 174 Å². The summed E-state index contributed by atoms with van der Waals surface area (Å²) in [6.45, 7) is 0. The molecule has 13 rings (SSSR count). The zero-order chi connectivity index (χ0) is 37.2. The van der Waals surface area contributed by atoms with Crippen LogP contribution in [0.2, 0.25) is 0 Å². The van der Waals surface area contributed by atoms with Crippen LogP contribution in [0.1, 0.15) is 0 Å². The normalized spacial score (nSPS) is 12.2. The van der Waals surface area contributed by atoms with Crippen molar-refractivity contribution >= 4 is 102 Å². The molecule has 57 heavy (non-hydrogen) atoms. The summed E-state index contributed by atoms with van der Waals surface area (Å²) in [5.41, 5.74) is 12.2. The van der Waals surface area contributed by atoms with Crippen LogP contribution >= 0.6 is 22.7 Å². The Morgan fingerprint density at radius 1 is 0.404 bits per heavy atom. The lowest BCUT2D eigenvalue weighted by Gasteiger charge is -2.11. The van der Waals surface area contributed by atoms with E-state index < -0.39 is 0 Å². The van der Waals surface area contributed by atoms with Crippen LogP contribution in [0.5, 0.6) is 0 Å². The highest BCUT2D eigenvalue weighted by atomic mass is 32.1. The lowest BCUT2D eigenvalue weighted by atomic mass is 9.98. The maximum atomic E-state index is 5.38. The standard InChI is InChI=1S/C51H28N4S2/c1-2-12-29(13-3-1)51-53-41-28-38-33-16-5-8-22-42(33)55-43-25-24-31(27-39(43)45(47(38)55)49(41)57-51)30-14-10-15-32(26-30)46-36-18-4-7-21-40(36)52-50(54-46)37-20-11-19-35-34-17-6-9-23-44(34)56-48(35)37/h1-28H. The number of thiophene rings is 1. The Kier molecular flexibility index (Phi) is 6.45. The Bertz CT molecular complexity index is 3760. The fourth-order valence-corrected chi connectivity index (χ4v) is 11.3. The summed E-state index contributed by atoms with van der Waals surface area (Å²) in [4.78, 5) is 15.8. The zero-order valence-corrected chi connectivity index (χ0v) is 31.9. The van der Waals surface area contributed by atoms with Gasteiger partial charge in [-0.15, -0.1) is 22.7 Å². The van der Waals surface area contributed by atoms with Crippen molar-refractivity contribution in [1.82, 2.24) is 19.4 Å². The van der Waals surface area contributed by atoms with Gasteiger partial charge in [0.25, 0.3) is 0 Å². The maximum Gasteiger partial charge on any atom is 0.161 e. The van der Waals surface area contributed by atoms with Crippen molar-refractivity contribution in [1.29, 1.82) is 0 Å². The molecule has 13 aromatic rings. The second-order valence-corrected chi connectivity index (χ2v) is 16.8. The number of benzene rings is 8. The van der Waals surface area contributed by atoms with Gasteiger partial charge in [0.1, 0.15) is 5.01 Å². The lowest BCUT2D eigenvalue weighted by molar-refractivity contribution is 1.24. The van der Waals surface area contributed by atoms with Crippen LogP contribution in [0.3, 0.4) is 0 Å². The van der Waals surface area contributed by atoms with Gasteiger partial charge in [-0.2, -0.15) is 0 Å². The van der Waals surface area contributed by atoms with Gasteiger partial charge in [0.2, 0.25) is 0 Å². The summed E-state index contributed by atoms with van der Waals surface area (Å²) in [5, 5.41) is 9.61. The van der Waals surface area contributed by atoms with E-state index in [0.29, 0.717) is 0 Å². The Morgan fingerprint density at radius 3 is 2.05 bits per heavy atom. The van der Waals surface area contributed by atoms with Gasteiger partial charge < -0.3 is 4.40 Å². The number of hydrogen-bond acceptors (Lipinski definition) is 5. The fraction of sp³-hybridized carbons (Fsp3) is 0. The molecule has 5 heterocycles. The molecule has 6 heteroatoms. The smallest absolute Gasteiger partial charge is 0.161 e. The van der Waals surface area contributed by atoms with Gasteiger partial charge in [-0.05, 0) is 59.7 Å². The number of hydrogen-bond donors (Lipinski definition) is 0. The molecule has 0 unspecified atom stereocenters. The van der Waals surface area contributed by atoms with Crippen molar-refractivity contribution in [2.24, 2.45) is 0 Å². The van der Waals surface area contributed by atoms with Gasteiger partial charge in [-0.3, -0.25) is 0 Å². The van der Waals surface area contributed by atoms with E-state index >= 15 is 0 Å². The second-order valence-electron chi connectivity index (χ2n) is 14.7. The average molecular weight is 761 g/mol. The molecule has 0 fully saturated rings. The molecular formula is C51H28N4S2. The molecule has 0 bridgehead atoms. The molecule has 4 nitrogen and oxygen atoms in total. The Labute approximate surface area is 333 Å². The predicted octanol–water partition coefficient (Wildman–Crippen LogP) is 14.4.